The van der Waals surface area contributed by atoms with E-state index in [1.54, 1.807) is 11.0 Å². The maximum atomic E-state index is 15.0. The molecule has 224 valence electrons. The summed E-state index contributed by atoms with van der Waals surface area (Å²) in [7, 11) is 0. The van der Waals surface area contributed by atoms with Gasteiger partial charge in [0, 0.05) is 62.4 Å². The Morgan fingerprint density at radius 3 is 2.50 bits per heavy atom. The number of likely N-dealkylation sites (tertiary alicyclic amines) is 2. The largest absolute Gasteiger partial charge is 0.381 e. The van der Waals surface area contributed by atoms with E-state index in [0.29, 0.717) is 51.0 Å². The summed E-state index contributed by atoms with van der Waals surface area (Å²) in [5.41, 5.74) is 3.72. The number of hydrogen-bond donors (Lipinski definition) is 0. The lowest BCUT2D eigenvalue weighted by atomic mass is 9.83. The molecule has 0 saturated carbocycles. The summed E-state index contributed by atoms with van der Waals surface area (Å²) in [6, 6.07) is 8.16. The van der Waals surface area contributed by atoms with E-state index in [-0.39, 0.29) is 29.7 Å². The molecule has 3 fully saturated rings. The smallest absolute Gasteiger partial charge is 0.227 e. The highest BCUT2D eigenvalue weighted by molar-refractivity contribution is 6.31. The van der Waals surface area contributed by atoms with Gasteiger partial charge in [-0.1, -0.05) is 23.7 Å². The Labute approximate surface area is 250 Å². The van der Waals surface area contributed by atoms with Crippen molar-refractivity contribution in [1.29, 1.82) is 0 Å². The van der Waals surface area contributed by atoms with Gasteiger partial charge in [0.2, 0.25) is 5.91 Å². The maximum absolute atomic E-state index is 15.0. The Bertz CT molecular complexity index is 1410. The molecule has 0 N–H and O–H groups in total. The molecular weight excluding hydrogens is 562 g/mol. The van der Waals surface area contributed by atoms with Crippen LogP contribution in [0.25, 0.3) is 0 Å². The minimum absolute atomic E-state index is 0.0564. The number of aryl methyl sites for hydroxylation is 1. The van der Waals surface area contributed by atoms with Crippen LogP contribution in [0.5, 0.6) is 0 Å². The molecule has 2 aromatic carbocycles. The van der Waals surface area contributed by atoms with Crippen molar-refractivity contribution in [2.75, 3.05) is 39.4 Å². The third-order valence-corrected chi connectivity index (χ3v) is 9.96. The van der Waals surface area contributed by atoms with E-state index in [0.717, 1.165) is 47.9 Å². The minimum atomic E-state index is -0.606. The highest BCUT2D eigenvalue weighted by Crippen LogP contribution is 2.40. The molecule has 0 spiro atoms. The molecule has 3 aromatic rings. The van der Waals surface area contributed by atoms with Crippen molar-refractivity contribution in [3.63, 3.8) is 0 Å². The maximum Gasteiger partial charge on any atom is 0.227 e. The Morgan fingerprint density at radius 2 is 1.81 bits per heavy atom. The van der Waals surface area contributed by atoms with Crippen LogP contribution in [0, 0.1) is 24.5 Å². The standard InChI is InChI=1S/C31H37ClF2N6O2/c1-19-13-25(20(2)40-18-35-36-37-40)26(15-29(19)32)21-5-9-38(10-6-21)31(41)28-17-39(23-7-11-42-12-8-23)16-27(28)24-4-3-22(33)14-30(24)34/h3-4,13-15,18,20-21,23,27-28H,5-12,16-17H2,1-2H3/t20-,27?,28?/m0/s1. The normalized spacial score (nSPS) is 23.4. The van der Waals surface area contributed by atoms with Crippen molar-refractivity contribution in [3.8, 4) is 0 Å². The third-order valence-electron chi connectivity index (χ3n) is 9.56. The predicted molar refractivity (Wildman–Crippen MR) is 154 cm³/mol. The van der Waals surface area contributed by atoms with Crippen molar-refractivity contribution in [2.45, 2.75) is 63.5 Å². The van der Waals surface area contributed by atoms with E-state index in [9.17, 15) is 9.18 Å². The van der Waals surface area contributed by atoms with Gasteiger partial charge >= 0.3 is 0 Å². The van der Waals surface area contributed by atoms with Crippen LogP contribution in [0.3, 0.4) is 0 Å². The van der Waals surface area contributed by atoms with Crippen LogP contribution >= 0.6 is 11.6 Å². The SMILES string of the molecule is Cc1cc([C@H](C)n2cnnn2)c(C2CCN(C(=O)C3CN(C4CCOCC4)CC3c3ccc(F)cc3F)CC2)cc1Cl. The van der Waals surface area contributed by atoms with Gasteiger partial charge < -0.3 is 9.64 Å². The fourth-order valence-corrected chi connectivity index (χ4v) is 7.29. The number of amides is 1. The first-order valence-corrected chi connectivity index (χ1v) is 15.3. The van der Waals surface area contributed by atoms with Gasteiger partial charge in [-0.05, 0) is 90.3 Å². The topological polar surface area (TPSA) is 76.4 Å². The second-order valence-electron chi connectivity index (χ2n) is 12.0. The number of rotatable bonds is 6. The van der Waals surface area contributed by atoms with Crippen LogP contribution in [0.15, 0.2) is 36.7 Å². The highest BCUT2D eigenvalue weighted by Gasteiger charge is 2.44. The summed E-state index contributed by atoms with van der Waals surface area (Å²) in [6.45, 7) is 7.83. The van der Waals surface area contributed by atoms with Crippen LogP contribution in [0.2, 0.25) is 5.02 Å². The molecule has 6 rings (SSSR count). The summed E-state index contributed by atoms with van der Waals surface area (Å²) in [6.07, 6.45) is 5.01. The number of tetrazole rings is 1. The highest BCUT2D eigenvalue weighted by atomic mass is 35.5. The van der Waals surface area contributed by atoms with Crippen molar-refractivity contribution >= 4 is 17.5 Å². The summed E-state index contributed by atoms with van der Waals surface area (Å²) in [4.78, 5) is 18.4. The summed E-state index contributed by atoms with van der Waals surface area (Å²) in [5, 5.41) is 12.4. The number of piperidine rings is 1. The molecule has 3 saturated heterocycles. The van der Waals surface area contributed by atoms with Gasteiger partial charge in [0.15, 0.2) is 0 Å². The summed E-state index contributed by atoms with van der Waals surface area (Å²) in [5.74, 6) is -1.60. The van der Waals surface area contributed by atoms with Gasteiger partial charge in [0.25, 0.3) is 0 Å². The zero-order valence-corrected chi connectivity index (χ0v) is 24.8. The van der Waals surface area contributed by atoms with E-state index in [1.165, 1.54) is 17.7 Å². The number of aromatic nitrogens is 4. The lowest BCUT2D eigenvalue weighted by Crippen LogP contribution is -2.44. The Hall–Kier alpha value is -2.95. The van der Waals surface area contributed by atoms with Gasteiger partial charge in [-0.3, -0.25) is 9.69 Å². The average molecular weight is 599 g/mol. The van der Waals surface area contributed by atoms with Gasteiger partial charge in [-0.2, -0.15) is 0 Å². The zero-order chi connectivity index (χ0) is 29.4. The molecule has 11 heteroatoms. The summed E-state index contributed by atoms with van der Waals surface area (Å²) < 4.78 is 36.1. The van der Waals surface area contributed by atoms with Crippen LogP contribution in [0.1, 0.15) is 72.7 Å². The molecule has 3 aliphatic heterocycles. The second-order valence-corrected chi connectivity index (χ2v) is 12.4. The van der Waals surface area contributed by atoms with Gasteiger partial charge in [-0.15, -0.1) is 5.10 Å². The molecule has 0 aliphatic carbocycles. The average Bonchev–Trinajstić information content (AvgIpc) is 3.70. The zero-order valence-electron chi connectivity index (χ0n) is 24.1. The molecule has 4 heterocycles. The number of ether oxygens (including phenoxy) is 1. The van der Waals surface area contributed by atoms with Crippen molar-refractivity contribution < 1.29 is 18.3 Å². The predicted octanol–water partition coefficient (Wildman–Crippen LogP) is 5.12. The van der Waals surface area contributed by atoms with E-state index in [4.69, 9.17) is 16.3 Å². The monoisotopic (exact) mass is 598 g/mol. The molecule has 1 amide bonds. The number of benzene rings is 2. The van der Waals surface area contributed by atoms with Crippen LogP contribution in [-0.2, 0) is 9.53 Å². The lowest BCUT2D eigenvalue weighted by molar-refractivity contribution is -0.136. The molecule has 8 nitrogen and oxygen atoms in total. The van der Waals surface area contributed by atoms with Crippen LogP contribution in [-0.4, -0.2) is 81.3 Å². The quantitative estimate of drug-likeness (QED) is 0.392. The number of halogens is 3. The van der Waals surface area contributed by atoms with E-state index < -0.39 is 11.6 Å². The van der Waals surface area contributed by atoms with E-state index in [2.05, 4.69) is 39.5 Å². The number of carbonyl (C=O) groups excluding carboxylic acids is 1. The molecule has 2 unspecified atom stereocenters. The fourth-order valence-electron chi connectivity index (χ4n) is 7.12. The van der Waals surface area contributed by atoms with E-state index in [1.807, 2.05) is 11.8 Å². The second kappa shape index (κ2) is 12.3. The summed E-state index contributed by atoms with van der Waals surface area (Å²) >= 11 is 6.60. The Morgan fingerprint density at radius 1 is 1.05 bits per heavy atom. The molecular formula is C31H37ClF2N6O2. The molecule has 0 radical (unpaired) electrons. The fraction of sp³-hybridized carbons (Fsp3) is 0.548. The number of nitrogens with zero attached hydrogens (tertiary/aromatic N) is 6. The first-order valence-electron chi connectivity index (χ1n) is 14.9. The van der Waals surface area contributed by atoms with Crippen molar-refractivity contribution in [2.24, 2.45) is 5.92 Å². The van der Waals surface area contributed by atoms with Gasteiger partial charge in [0.1, 0.15) is 18.0 Å². The molecule has 1 aromatic heterocycles. The van der Waals surface area contributed by atoms with E-state index >= 15 is 4.39 Å². The molecule has 3 aliphatic rings. The number of hydrogen-bond acceptors (Lipinski definition) is 6. The molecule has 42 heavy (non-hydrogen) atoms. The number of carbonyl (C=O) groups is 1. The minimum Gasteiger partial charge on any atom is -0.381 e. The van der Waals surface area contributed by atoms with Gasteiger partial charge in [-0.25, -0.2) is 13.5 Å². The first-order chi connectivity index (χ1) is 20.3. The van der Waals surface area contributed by atoms with Crippen molar-refractivity contribution in [3.05, 3.63) is 75.6 Å². The molecule has 3 atom stereocenters. The Balaban J connectivity index is 1.20. The van der Waals surface area contributed by atoms with Crippen LogP contribution in [0.4, 0.5) is 8.78 Å². The van der Waals surface area contributed by atoms with Gasteiger partial charge in [0.05, 0.1) is 12.0 Å². The molecule has 0 bridgehead atoms. The van der Waals surface area contributed by atoms with Crippen molar-refractivity contribution in [1.82, 2.24) is 30.0 Å². The Kier molecular flexibility index (Phi) is 8.56. The van der Waals surface area contributed by atoms with Crippen LogP contribution < -0.4 is 0 Å². The third kappa shape index (κ3) is 5.81. The first kappa shape index (κ1) is 29.1. The lowest BCUT2D eigenvalue weighted by Gasteiger charge is -2.36.